The molecular weight excluding hydrogens is 370 g/mol. The van der Waals surface area contributed by atoms with Gasteiger partial charge in [0, 0.05) is 19.7 Å². The molecule has 0 fully saturated rings. The molecule has 0 aliphatic rings. The summed E-state index contributed by atoms with van der Waals surface area (Å²) in [6.45, 7) is 0. The molecule has 0 radical (unpaired) electrons. The van der Waals surface area contributed by atoms with Gasteiger partial charge >= 0.3 is 0 Å². The molecule has 1 heterocycles. The van der Waals surface area contributed by atoms with Crippen LogP contribution in [0.5, 0.6) is 0 Å². The highest BCUT2D eigenvalue weighted by Gasteiger charge is 2.19. The lowest BCUT2D eigenvalue weighted by Crippen LogP contribution is -2.22. The maximum absolute atomic E-state index is 12.1. The quantitative estimate of drug-likeness (QED) is 0.548. The summed E-state index contributed by atoms with van der Waals surface area (Å²) in [5.41, 5.74) is 1.15. The van der Waals surface area contributed by atoms with E-state index in [1.807, 2.05) is 30.3 Å². The number of aromatic nitrogens is 1. The first kappa shape index (κ1) is 18.1. The van der Waals surface area contributed by atoms with Crippen LogP contribution in [0.1, 0.15) is 10.6 Å². The predicted molar refractivity (Wildman–Crippen MR) is 102 cm³/mol. The number of hydrogen-bond donors (Lipinski definition) is 1. The summed E-state index contributed by atoms with van der Waals surface area (Å²) in [5, 5.41) is 20.4. The van der Waals surface area contributed by atoms with Crippen LogP contribution in [0.25, 0.3) is 21.5 Å². The Morgan fingerprint density at radius 2 is 1.81 bits per heavy atom. The summed E-state index contributed by atoms with van der Waals surface area (Å²) in [4.78, 5) is 4.49. The molecule has 0 unspecified atom stereocenters. The molecule has 1 N–H and O–H groups in total. The number of hydrogen-bond acceptors (Lipinski definition) is 6. The zero-order valence-electron chi connectivity index (χ0n) is 14.0. The summed E-state index contributed by atoms with van der Waals surface area (Å²) in [6, 6.07) is 15.2. The Balaban J connectivity index is 2.05. The molecule has 0 atom stereocenters. The van der Waals surface area contributed by atoms with Gasteiger partial charge in [0.05, 0.1) is 15.1 Å². The number of allylic oxidation sites excluding steroid dienone is 1. The molecule has 6 nitrogen and oxygen atoms in total. The second-order valence-corrected chi connectivity index (χ2v) is 8.82. The number of aliphatic hydroxyl groups is 1. The molecule has 0 saturated heterocycles. The molecular formula is C18H15N3O3S2. The molecule has 3 aromatic rings. The Bertz CT molecular complexity index is 1110. The number of aliphatic hydroxyl groups excluding tert-OH is 1. The van der Waals surface area contributed by atoms with Gasteiger partial charge in [-0.05, 0) is 36.4 Å². The second kappa shape index (κ2) is 6.88. The van der Waals surface area contributed by atoms with Crippen molar-refractivity contribution in [3.63, 3.8) is 0 Å². The topological polar surface area (TPSA) is 94.3 Å². The molecule has 0 aliphatic heterocycles. The molecule has 132 valence electrons. The summed E-state index contributed by atoms with van der Waals surface area (Å²) >= 11 is 1.31. The van der Waals surface area contributed by atoms with Gasteiger partial charge in [-0.2, -0.15) is 5.26 Å². The Morgan fingerprint density at radius 1 is 1.15 bits per heavy atom. The fourth-order valence-corrected chi connectivity index (χ4v) is 4.18. The SMILES string of the molecule is CN(C)S(=O)(=O)c1ccc(C(O)=C(C#N)c2nc3ccccc3s2)cc1. The summed E-state index contributed by atoms with van der Waals surface area (Å²) in [5.74, 6) is -0.236. The van der Waals surface area contributed by atoms with Crippen LogP contribution < -0.4 is 0 Å². The number of thiazole rings is 1. The molecule has 0 saturated carbocycles. The number of fused-ring (bicyclic) bond motifs is 1. The number of benzene rings is 2. The normalized spacial score (nSPS) is 12.8. The van der Waals surface area contributed by atoms with Crippen molar-refractivity contribution in [1.82, 2.24) is 9.29 Å². The fraction of sp³-hybridized carbons (Fsp3) is 0.111. The fourth-order valence-electron chi connectivity index (χ4n) is 2.32. The minimum absolute atomic E-state index is 0.0504. The van der Waals surface area contributed by atoms with Gasteiger partial charge in [-0.1, -0.05) is 12.1 Å². The third-order valence-corrected chi connectivity index (χ3v) is 6.65. The Hall–Kier alpha value is -2.73. The van der Waals surface area contributed by atoms with Crippen LogP contribution in [0.15, 0.2) is 53.4 Å². The Kier molecular flexibility index (Phi) is 4.78. The standard InChI is InChI=1S/C18H15N3O3S2/c1-21(2)26(23,24)13-9-7-12(8-10-13)17(22)14(11-19)18-20-15-5-3-4-6-16(15)25-18/h3-10,22H,1-2H3. The van der Waals surface area contributed by atoms with Gasteiger partial charge in [0.1, 0.15) is 22.4 Å². The van der Waals surface area contributed by atoms with Gasteiger partial charge < -0.3 is 5.11 Å². The summed E-state index contributed by atoms with van der Waals surface area (Å²) in [7, 11) is -0.662. The van der Waals surface area contributed by atoms with Crippen LogP contribution >= 0.6 is 11.3 Å². The second-order valence-electron chi connectivity index (χ2n) is 5.63. The zero-order valence-corrected chi connectivity index (χ0v) is 15.7. The van der Waals surface area contributed by atoms with E-state index in [1.165, 1.54) is 49.7 Å². The number of para-hydroxylation sites is 1. The van der Waals surface area contributed by atoms with Gasteiger partial charge in [-0.15, -0.1) is 11.3 Å². The van der Waals surface area contributed by atoms with Gasteiger partial charge in [0.25, 0.3) is 0 Å². The number of nitrogens with zero attached hydrogens (tertiary/aromatic N) is 3. The highest BCUT2D eigenvalue weighted by molar-refractivity contribution is 7.89. The van der Waals surface area contributed by atoms with E-state index in [-0.39, 0.29) is 16.2 Å². The molecule has 8 heteroatoms. The maximum atomic E-state index is 12.1. The van der Waals surface area contributed by atoms with Crippen LogP contribution in [0.3, 0.4) is 0 Å². The Labute approximate surface area is 155 Å². The van der Waals surface area contributed by atoms with Crippen molar-refractivity contribution in [2.45, 2.75) is 4.90 Å². The third-order valence-electron chi connectivity index (χ3n) is 3.76. The molecule has 0 bridgehead atoms. The van der Waals surface area contributed by atoms with E-state index < -0.39 is 10.0 Å². The first-order chi connectivity index (χ1) is 12.3. The minimum Gasteiger partial charge on any atom is -0.506 e. The average Bonchev–Trinajstić information content (AvgIpc) is 3.05. The number of sulfonamides is 1. The number of nitriles is 1. The van der Waals surface area contributed by atoms with E-state index in [1.54, 1.807) is 0 Å². The van der Waals surface area contributed by atoms with E-state index in [2.05, 4.69) is 4.98 Å². The van der Waals surface area contributed by atoms with E-state index in [0.29, 0.717) is 10.6 Å². The molecule has 2 aromatic carbocycles. The van der Waals surface area contributed by atoms with Crippen LogP contribution in [0.4, 0.5) is 0 Å². The lowest BCUT2D eigenvalue weighted by Gasteiger charge is -2.11. The van der Waals surface area contributed by atoms with Crippen molar-refractivity contribution in [2.75, 3.05) is 14.1 Å². The summed E-state index contributed by atoms with van der Waals surface area (Å²) in [6.07, 6.45) is 0. The lowest BCUT2D eigenvalue weighted by atomic mass is 10.1. The van der Waals surface area contributed by atoms with E-state index in [4.69, 9.17) is 0 Å². The van der Waals surface area contributed by atoms with E-state index in [9.17, 15) is 18.8 Å². The summed E-state index contributed by atoms with van der Waals surface area (Å²) < 4.78 is 26.3. The van der Waals surface area contributed by atoms with Gasteiger partial charge in [0.15, 0.2) is 0 Å². The average molecular weight is 385 g/mol. The van der Waals surface area contributed by atoms with Crippen LogP contribution in [-0.2, 0) is 10.0 Å². The minimum atomic E-state index is -3.55. The monoisotopic (exact) mass is 385 g/mol. The van der Waals surface area contributed by atoms with Crippen molar-refractivity contribution in [3.8, 4) is 6.07 Å². The Morgan fingerprint density at radius 3 is 2.38 bits per heavy atom. The van der Waals surface area contributed by atoms with Crippen molar-refractivity contribution >= 4 is 42.9 Å². The van der Waals surface area contributed by atoms with Crippen molar-refractivity contribution in [3.05, 3.63) is 59.1 Å². The molecule has 26 heavy (non-hydrogen) atoms. The van der Waals surface area contributed by atoms with Gasteiger partial charge in [-0.25, -0.2) is 17.7 Å². The first-order valence-corrected chi connectivity index (χ1v) is 9.82. The molecule has 0 aliphatic carbocycles. The van der Waals surface area contributed by atoms with Crippen LogP contribution in [0.2, 0.25) is 0 Å². The highest BCUT2D eigenvalue weighted by Crippen LogP contribution is 2.31. The van der Waals surface area contributed by atoms with E-state index >= 15 is 0 Å². The van der Waals surface area contributed by atoms with Crippen LogP contribution in [0, 0.1) is 11.3 Å². The largest absolute Gasteiger partial charge is 0.506 e. The molecule has 1 aromatic heterocycles. The molecule has 0 spiro atoms. The van der Waals surface area contributed by atoms with Gasteiger partial charge in [-0.3, -0.25) is 0 Å². The van der Waals surface area contributed by atoms with Crippen molar-refractivity contribution < 1.29 is 13.5 Å². The highest BCUT2D eigenvalue weighted by atomic mass is 32.2. The predicted octanol–water partition coefficient (Wildman–Crippen LogP) is 3.50. The lowest BCUT2D eigenvalue weighted by molar-refractivity contribution is 0.513. The number of rotatable bonds is 4. The smallest absolute Gasteiger partial charge is 0.242 e. The first-order valence-electron chi connectivity index (χ1n) is 7.57. The maximum Gasteiger partial charge on any atom is 0.242 e. The van der Waals surface area contributed by atoms with Crippen LogP contribution in [-0.4, -0.2) is 36.9 Å². The zero-order chi connectivity index (χ0) is 18.9. The van der Waals surface area contributed by atoms with Gasteiger partial charge in [0.2, 0.25) is 10.0 Å². The molecule has 3 rings (SSSR count). The molecule has 0 amide bonds. The van der Waals surface area contributed by atoms with E-state index in [0.717, 1.165) is 14.5 Å². The van der Waals surface area contributed by atoms with Crippen molar-refractivity contribution in [2.24, 2.45) is 0 Å². The third kappa shape index (κ3) is 3.20. The van der Waals surface area contributed by atoms with Crippen molar-refractivity contribution in [1.29, 1.82) is 5.26 Å².